The molecule has 20 heavy (non-hydrogen) atoms. The minimum Gasteiger partial charge on any atom is -0.450 e. The number of nitrogens with one attached hydrogen (secondary N) is 1. The average Bonchev–Trinajstić information content (AvgIpc) is 2.42. The summed E-state index contributed by atoms with van der Waals surface area (Å²) in [6, 6.07) is 9.02. The molecule has 0 radical (unpaired) electrons. The molecule has 0 saturated carbocycles. The van der Waals surface area contributed by atoms with Gasteiger partial charge in [0.1, 0.15) is 5.75 Å². The van der Waals surface area contributed by atoms with Crippen LogP contribution in [-0.2, 0) is 6.54 Å². The van der Waals surface area contributed by atoms with Crippen LogP contribution < -0.4 is 10.1 Å². The zero-order chi connectivity index (χ0) is 14.5. The third kappa shape index (κ3) is 3.46. The fourth-order valence-corrected chi connectivity index (χ4v) is 1.89. The van der Waals surface area contributed by atoms with Gasteiger partial charge in [0.25, 0.3) is 0 Å². The van der Waals surface area contributed by atoms with Crippen molar-refractivity contribution in [2.24, 2.45) is 0 Å². The summed E-state index contributed by atoms with van der Waals surface area (Å²) in [5, 5.41) is 3.30. The van der Waals surface area contributed by atoms with Gasteiger partial charge in [0, 0.05) is 6.54 Å². The third-order valence-electron chi connectivity index (χ3n) is 2.69. The van der Waals surface area contributed by atoms with Crippen LogP contribution in [0.4, 0.5) is 8.78 Å². The van der Waals surface area contributed by atoms with Gasteiger partial charge in [-0.1, -0.05) is 30.7 Å². The molecule has 0 unspecified atom stereocenters. The van der Waals surface area contributed by atoms with Crippen molar-refractivity contribution in [3.8, 4) is 11.5 Å². The van der Waals surface area contributed by atoms with Crippen LogP contribution in [-0.4, -0.2) is 6.54 Å². The van der Waals surface area contributed by atoms with Crippen LogP contribution in [0.5, 0.6) is 11.5 Å². The summed E-state index contributed by atoms with van der Waals surface area (Å²) < 4.78 is 33.1. The minimum absolute atomic E-state index is 0.214. The van der Waals surface area contributed by atoms with Gasteiger partial charge in [0.2, 0.25) is 0 Å². The maximum absolute atomic E-state index is 13.9. The topological polar surface area (TPSA) is 21.3 Å². The number of hydrogen-bond acceptors (Lipinski definition) is 2. The Balaban J connectivity index is 2.27. The molecule has 5 heteroatoms. The van der Waals surface area contributed by atoms with E-state index in [0.29, 0.717) is 17.1 Å². The maximum atomic E-state index is 13.9. The fraction of sp³-hybridized carbons (Fsp3) is 0.200. The van der Waals surface area contributed by atoms with Gasteiger partial charge in [0.15, 0.2) is 17.4 Å². The summed E-state index contributed by atoms with van der Waals surface area (Å²) in [6.45, 7) is 3.04. The van der Waals surface area contributed by atoms with Crippen LogP contribution in [0.3, 0.4) is 0 Å². The molecule has 0 atom stereocenters. The second kappa shape index (κ2) is 6.68. The number of rotatable bonds is 5. The largest absolute Gasteiger partial charge is 0.450 e. The Morgan fingerprint density at radius 3 is 2.40 bits per heavy atom. The lowest BCUT2D eigenvalue weighted by atomic mass is 10.2. The molecule has 0 fully saturated rings. The van der Waals surface area contributed by atoms with E-state index < -0.39 is 17.4 Å². The lowest BCUT2D eigenvalue weighted by Gasteiger charge is -2.11. The van der Waals surface area contributed by atoms with E-state index in [4.69, 9.17) is 16.3 Å². The van der Waals surface area contributed by atoms with Gasteiger partial charge >= 0.3 is 0 Å². The Kier molecular flexibility index (Phi) is 4.93. The van der Waals surface area contributed by atoms with Crippen molar-refractivity contribution >= 4 is 11.6 Å². The van der Waals surface area contributed by atoms with Crippen LogP contribution in [0.1, 0.15) is 12.5 Å². The fourth-order valence-electron chi connectivity index (χ4n) is 1.72. The van der Waals surface area contributed by atoms with Crippen LogP contribution in [0, 0.1) is 11.6 Å². The summed E-state index contributed by atoms with van der Waals surface area (Å²) in [6.07, 6.45) is 0. The highest BCUT2D eigenvalue weighted by Crippen LogP contribution is 2.32. The van der Waals surface area contributed by atoms with Crippen molar-refractivity contribution in [3.05, 3.63) is 58.6 Å². The standard InChI is InChI=1S/C15H14ClF2NO/c1-2-19-9-10-7-12(17)15(13(18)8-10)20-14-6-4-3-5-11(14)16/h3-8,19H,2,9H2,1H3. The first-order chi connectivity index (χ1) is 9.61. The van der Waals surface area contributed by atoms with Crippen molar-refractivity contribution in [3.63, 3.8) is 0 Å². The molecule has 1 N–H and O–H groups in total. The zero-order valence-electron chi connectivity index (χ0n) is 10.9. The van der Waals surface area contributed by atoms with E-state index in [2.05, 4.69) is 5.32 Å². The zero-order valence-corrected chi connectivity index (χ0v) is 11.7. The maximum Gasteiger partial charge on any atom is 0.198 e. The summed E-state index contributed by atoms with van der Waals surface area (Å²) in [5.41, 5.74) is 0.522. The molecule has 2 nitrogen and oxygen atoms in total. The summed E-state index contributed by atoms with van der Waals surface area (Å²) in [5.74, 6) is -1.74. The van der Waals surface area contributed by atoms with Crippen molar-refractivity contribution in [2.45, 2.75) is 13.5 Å². The van der Waals surface area contributed by atoms with Gasteiger partial charge in [-0.05, 0) is 36.4 Å². The second-order valence-electron chi connectivity index (χ2n) is 4.20. The van der Waals surface area contributed by atoms with E-state index in [-0.39, 0.29) is 5.75 Å². The van der Waals surface area contributed by atoms with Gasteiger partial charge < -0.3 is 10.1 Å². The van der Waals surface area contributed by atoms with Crippen LogP contribution in [0.25, 0.3) is 0 Å². The van der Waals surface area contributed by atoms with E-state index in [9.17, 15) is 8.78 Å². The van der Waals surface area contributed by atoms with Gasteiger partial charge in [-0.3, -0.25) is 0 Å². The SMILES string of the molecule is CCNCc1cc(F)c(Oc2ccccc2Cl)c(F)c1. The molecule has 2 aromatic carbocycles. The highest BCUT2D eigenvalue weighted by molar-refractivity contribution is 6.32. The predicted octanol–water partition coefficient (Wildman–Crippen LogP) is 4.52. The Hall–Kier alpha value is -1.65. The van der Waals surface area contributed by atoms with E-state index in [1.807, 2.05) is 6.92 Å². The van der Waals surface area contributed by atoms with Crippen molar-refractivity contribution in [1.82, 2.24) is 5.32 Å². The molecule has 0 heterocycles. The Labute approximate surface area is 121 Å². The molecule has 2 rings (SSSR count). The van der Waals surface area contributed by atoms with Crippen LogP contribution in [0.2, 0.25) is 5.02 Å². The first-order valence-electron chi connectivity index (χ1n) is 6.23. The van der Waals surface area contributed by atoms with Crippen molar-refractivity contribution in [1.29, 1.82) is 0 Å². The van der Waals surface area contributed by atoms with Gasteiger partial charge in [-0.25, -0.2) is 8.78 Å². The van der Waals surface area contributed by atoms with Gasteiger partial charge in [-0.2, -0.15) is 0 Å². The normalized spacial score (nSPS) is 10.6. The van der Waals surface area contributed by atoms with Crippen LogP contribution >= 0.6 is 11.6 Å². The smallest absolute Gasteiger partial charge is 0.198 e. The third-order valence-corrected chi connectivity index (χ3v) is 3.00. The number of hydrogen-bond donors (Lipinski definition) is 1. The first kappa shape index (κ1) is 14.8. The summed E-state index contributed by atoms with van der Waals surface area (Å²) >= 11 is 5.90. The van der Waals surface area contributed by atoms with Gasteiger partial charge in [0.05, 0.1) is 5.02 Å². The molecule has 0 amide bonds. The molecule has 0 aromatic heterocycles. The lowest BCUT2D eigenvalue weighted by molar-refractivity contribution is 0.406. The van der Waals surface area contributed by atoms with E-state index in [1.165, 1.54) is 12.1 Å². The number of halogens is 3. The molecule has 0 aliphatic carbocycles. The average molecular weight is 298 g/mol. The lowest BCUT2D eigenvalue weighted by Crippen LogP contribution is -2.12. The monoisotopic (exact) mass is 297 g/mol. The number of ether oxygens (including phenoxy) is 1. The number of para-hydroxylation sites is 1. The Bertz CT molecular complexity index is 581. The summed E-state index contributed by atoms with van der Waals surface area (Å²) in [4.78, 5) is 0. The van der Waals surface area contributed by atoms with E-state index in [1.54, 1.807) is 24.3 Å². The van der Waals surface area contributed by atoms with E-state index in [0.717, 1.165) is 6.54 Å². The van der Waals surface area contributed by atoms with Crippen molar-refractivity contribution < 1.29 is 13.5 Å². The van der Waals surface area contributed by atoms with Crippen molar-refractivity contribution in [2.75, 3.05) is 6.54 Å². The quantitative estimate of drug-likeness (QED) is 0.876. The number of benzene rings is 2. The Morgan fingerprint density at radius 2 is 1.80 bits per heavy atom. The van der Waals surface area contributed by atoms with Gasteiger partial charge in [-0.15, -0.1) is 0 Å². The molecule has 2 aromatic rings. The van der Waals surface area contributed by atoms with Crippen LogP contribution in [0.15, 0.2) is 36.4 Å². The minimum atomic E-state index is -0.752. The molecule has 0 saturated heterocycles. The summed E-state index contributed by atoms with van der Waals surface area (Å²) in [7, 11) is 0. The highest BCUT2D eigenvalue weighted by Gasteiger charge is 2.14. The molecule has 0 aliphatic rings. The van der Waals surface area contributed by atoms with E-state index >= 15 is 0 Å². The molecular formula is C15H14ClF2NO. The molecule has 0 spiro atoms. The predicted molar refractivity (Wildman–Crippen MR) is 75.3 cm³/mol. The Morgan fingerprint density at radius 1 is 1.15 bits per heavy atom. The molecule has 0 aliphatic heterocycles. The molecule has 0 bridgehead atoms. The highest BCUT2D eigenvalue weighted by atomic mass is 35.5. The first-order valence-corrected chi connectivity index (χ1v) is 6.60. The molecular weight excluding hydrogens is 284 g/mol. The molecule has 106 valence electrons. The second-order valence-corrected chi connectivity index (χ2v) is 4.61.